The van der Waals surface area contributed by atoms with Crippen molar-refractivity contribution >= 4 is 34.3 Å². The van der Waals surface area contributed by atoms with Gasteiger partial charge < -0.3 is 19.2 Å². The number of amides is 1. The zero-order valence-corrected chi connectivity index (χ0v) is 18.7. The van der Waals surface area contributed by atoms with E-state index in [1.165, 1.54) is 16.3 Å². The number of hydrogen-bond acceptors (Lipinski definition) is 7. The Labute approximate surface area is 193 Å². The summed E-state index contributed by atoms with van der Waals surface area (Å²) in [6.07, 6.45) is 2.37. The number of nitrogens with one attached hydrogen (secondary N) is 1. The third kappa shape index (κ3) is 4.31. The van der Waals surface area contributed by atoms with Crippen LogP contribution < -0.4 is 20.3 Å². The number of fused-ring (bicyclic) bond motifs is 2. The molecule has 0 saturated carbocycles. The smallest absolute Gasteiger partial charge is 0.262 e. The van der Waals surface area contributed by atoms with Gasteiger partial charge in [0.25, 0.3) is 5.56 Å². The van der Waals surface area contributed by atoms with Crippen LogP contribution >= 0.6 is 11.8 Å². The number of hydrogen-bond donors (Lipinski definition) is 1. The van der Waals surface area contributed by atoms with Gasteiger partial charge in [-0.25, -0.2) is 4.98 Å². The van der Waals surface area contributed by atoms with Gasteiger partial charge in [0, 0.05) is 11.8 Å². The van der Waals surface area contributed by atoms with E-state index in [-0.39, 0.29) is 30.6 Å². The highest BCUT2D eigenvalue weighted by molar-refractivity contribution is 7.99. The second-order valence-corrected chi connectivity index (χ2v) is 8.38. The molecule has 0 spiro atoms. The maximum Gasteiger partial charge on any atom is 0.262 e. The van der Waals surface area contributed by atoms with E-state index in [0.29, 0.717) is 33.3 Å². The van der Waals surface area contributed by atoms with Gasteiger partial charge >= 0.3 is 0 Å². The van der Waals surface area contributed by atoms with Crippen molar-refractivity contribution in [2.24, 2.45) is 0 Å². The first-order chi connectivity index (χ1) is 16.1. The number of anilines is 1. The summed E-state index contributed by atoms with van der Waals surface area (Å²) in [6, 6.07) is 14.6. The molecule has 0 bridgehead atoms. The molecule has 9 heteroatoms. The van der Waals surface area contributed by atoms with Crippen molar-refractivity contribution in [2.45, 2.75) is 25.0 Å². The topological polar surface area (TPSA) is 95.6 Å². The molecule has 0 aliphatic carbocycles. The Morgan fingerprint density at radius 1 is 1.15 bits per heavy atom. The highest BCUT2D eigenvalue weighted by Crippen LogP contribution is 2.35. The molecule has 1 N–H and O–H groups in total. The lowest BCUT2D eigenvalue weighted by Gasteiger charge is -2.13. The average Bonchev–Trinajstić information content (AvgIpc) is 3.50. The number of ether oxygens (including phenoxy) is 2. The molecule has 1 amide bonds. The van der Waals surface area contributed by atoms with E-state index in [1.807, 2.05) is 31.2 Å². The van der Waals surface area contributed by atoms with Crippen LogP contribution in [-0.2, 0) is 17.8 Å². The molecule has 0 unspecified atom stereocenters. The number of carbonyl (C=O) groups excluding carboxylic acids is 1. The molecule has 0 radical (unpaired) electrons. The van der Waals surface area contributed by atoms with Gasteiger partial charge in [-0.2, -0.15) is 0 Å². The Hall–Kier alpha value is -3.72. The van der Waals surface area contributed by atoms with Crippen molar-refractivity contribution in [1.29, 1.82) is 0 Å². The van der Waals surface area contributed by atoms with Crippen LogP contribution in [-0.4, -0.2) is 28.0 Å². The van der Waals surface area contributed by atoms with Gasteiger partial charge in [-0.15, -0.1) is 0 Å². The molecule has 1 aliphatic rings. The van der Waals surface area contributed by atoms with E-state index < -0.39 is 0 Å². The molecule has 33 heavy (non-hydrogen) atoms. The SMILES string of the molecule is CCc1ccccc1NC(=O)CSc1nc2cc3c(cc2c(=O)n1Cc1ccco1)OCO3. The predicted octanol–water partition coefficient (Wildman–Crippen LogP) is 4.06. The van der Waals surface area contributed by atoms with Crippen molar-refractivity contribution in [3.8, 4) is 11.5 Å². The van der Waals surface area contributed by atoms with Crippen LogP contribution in [0.1, 0.15) is 18.2 Å². The third-order valence-electron chi connectivity index (χ3n) is 5.31. The highest BCUT2D eigenvalue weighted by atomic mass is 32.2. The van der Waals surface area contributed by atoms with Crippen molar-refractivity contribution in [2.75, 3.05) is 17.9 Å². The Bertz CT molecular complexity index is 1380. The van der Waals surface area contributed by atoms with E-state index in [9.17, 15) is 9.59 Å². The Morgan fingerprint density at radius 2 is 1.97 bits per heavy atom. The van der Waals surface area contributed by atoms with Gasteiger partial charge in [0.2, 0.25) is 12.7 Å². The summed E-state index contributed by atoms with van der Waals surface area (Å²) >= 11 is 1.20. The van der Waals surface area contributed by atoms with Gasteiger partial charge in [0.05, 0.1) is 29.5 Å². The van der Waals surface area contributed by atoms with E-state index >= 15 is 0 Å². The van der Waals surface area contributed by atoms with Crippen molar-refractivity contribution in [1.82, 2.24) is 9.55 Å². The minimum absolute atomic E-state index is 0.0959. The standard InChI is InChI=1S/C24H21N3O5S/c1-2-15-6-3-4-8-18(15)25-22(28)13-33-24-26-19-11-21-20(31-14-32-21)10-17(19)23(29)27(24)12-16-7-5-9-30-16/h3-11H,2,12-14H2,1H3,(H,25,28). The summed E-state index contributed by atoms with van der Waals surface area (Å²) in [5.74, 6) is 1.59. The molecule has 1 aliphatic heterocycles. The Kier molecular flexibility index (Phi) is 5.78. The molecule has 168 valence electrons. The Morgan fingerprint density at radius 3 is 2.76 bits per heavy atom. The number of rotatable bonds is 7. The number of thioether (sulfide) groups is 1. The van der Waals surface area contributed by atoms with Gasteiger partial charge in [-0.1, -0.05) is 36.9 Å². The fraction of sp³-hybridized carbons (Fsp3) is 0.208. The molecule has 0 fully saturated rings. The number of carbonyl (C=O) groups is 1. The number of aryl methyl sites for hydroxylation is 1. The summed E-state index contributed by atoms with van der Waals surface area (Å²) in [5.41, 5.74) is 2.09. The molecular weight excluding hydrogens is 442 g/mol. The van der Waals surface area contributed by atoms with Gasteiger partial charge in [-0.05, 0) is 36.2 Å². The second kappa shape index (κ2) is 9.03. The highest BCUT2D eigenvalue weighted by Gasteiger charge is 2.20. The minimum atomic E-state index is -0.242. The van der Waals surface area contributed by atoms with Crippen LogP contribution in [0.2, 0.25) is 0 Å². The lowest BCUT2D eigenvalue weighted by molar-refractivity contribution is -0.113. The zero-order chi connectivity index (χ0) is 22.8. The number of nitrogens with zero attached hydrogens (tertiary/aromatic N) is 2. The Balaban J connectivity index is 1.46. The first-order valence-corrected chi connectivity index (χ1v) is 11.5. The maximum absolute atomic E-state index is 13.4. The number of para-hydroxylation sites is 1. The molecule has 3 heterocycles. The summed E-state index contributed by atoms with van der Waals surface area (Å²) in [4.78, 5) is 30.7. The van der Waals surface area contributed by atoms with Crippen LogP contribution in [0.15, 0.2) is 69.2 Å². The van der Waals surface area contributed by atoms with Crippen LogP contribution in [0.3, 0.4) is 0 Å². The first-order valence-electron chi connectivity index (χ1n) is 10.5. The van der Waals surface area contributed by atoms with E-state index in [0.717, 1.165) is 17.7 Å². The number of aromatic nitrogens is 2. The monoisotopic (exact) mass is 463 g/mol. The fourth-order valence-corrected chi connectivity index (χ4v) is 4.46. The maximum atomic E-state index is 13.4. The minimum Gasteiger partial charge on any atom is -0.467 e. The quantitative estimate of drug-likeness (QED) is 0.326. The molecule has 8 nitrogen and oxygen atoms in total. The average molecular weight is 464 g/mol. The normalized spacial score (nSPS) is 12.3. The van der Waals surface area contributed by atoms with E-state index in [2.05, 4.69) is 10.3 Å². The summed E-state index contributed by atoms with van der Waals surface area (Å²) in [7, 11) is 0. The molecule has 0 saturated heterocycles. The van der Waals surface area contributed by atoms with Crippen LogP contribution in [0.4, 0.5) is 5.69 Å². The van der Waals surface area contributed by atoms with Gasteiger partial charge in [0.1, 0.15) is 5.76 Å². The summed E-state index contributed by atoms with van der Waals surface area (Å²) < 4.78 is 17.8. The zero-order valence-electron chi connectivity index (χ0n) is 17.9. The molecule has 0 atom stereocenters. The molecule has 2 aromatic carbocycles. The second-order valence-electron chi connectivity index (χ2n) is 7.44. The molecule has 2 aromatic heterocycles. The molecule has 4 aromatic rings. The largest absolute Gasteiger partial charge is 0.467 e. The van der Waals surface area contributed by atoms with E-state index in [1.54, 1.807) is 30.5 Å². The lowest BCUT2D eigenvalue weighted by Crippen LogP contribution is -2.24. The fourth-order valence-electron chi connectivity index (χ4n) is 3.67. The van der Waals surface area contributed by atoms with Gasteiger partial charge in [-0.3, -0.25) is 14.2 Å². The summed E-state index contributed by atoms with van der Waals surface area (Å²) in [5, 5.41) is 3.78. The molecule has 5 rings (SSSR count). The van der Waals surface area contributed by atoms with Crippen LogP contribution in [0.25, 0.3) is 10.9 Å². The van der Waals surface area contributed by atoms with Crippen molar-refractivity contribution in [3.05, 3.63) is 76.5 Å². The first kappa shape index (κ1) is 21.1. The van der Waals surface area contributed by atoms with Gasteiger partial charge in [0.15, 0.2) is 16.7 Å². The van der Waals surface area contributed by atoms with E-state index in [4.69, 9.17) is 13.9 Å². The lowest BCUT2D eigenvalue weighted by atomic mass is 10.1. The van der Waals surface area contributed by atoms with Crippen LogP contribution in [0, 0.1) is 0 Å². The van der Waals surface area contributed by atoms with Crippen molar-refractivity contribution in [3.63, 3.8) is 0 Å². The third-order valence-corrected chi connectivity index (χ3v) is 6.29. The predicted molar refractivity (Wildman–Crippen MR) is 125 cm³/mol. The number of furan rings is 1. The number of benzene rings is 2. The van der Waals surface area contributed by atoms with Crippen molar-refractivity contribution < 1.29 is 18.7 Å². The summed E-state index contributed by atoms with van der Waals surface area (Å²) in [6.45, 7) is 2.34. The molecular formula is C24H21N3O5S. The van der Waals surface area contributed by atoms with Crippen LogP contribution in [0.5, 0.6) is 11.5 Å².